The standard InChI is InChI=1S/C32H36F3N7O2/c1-31(2)27-19(5-4-6-25(27)38-29(31)43)13-36-28-23(32(33,34)35)14-37-30(40-28)39-24-10-9-20(12-26(24)44-3)42-17-21-11-22(42)16-41(21)15-18-7-8-18/h4-6,9-10,12,14,18,21-22H,7-8,11,13,15-17H2,1-3H3,(H,38,43)(H2,36,37,39,40). The summed E-state index contributed by atoms with van der Waals surface area (Å²) in [5, 5.41) is 8.76. The van der Waals surface area contributed by atoms with Gasteiger partial charge in [-0.05, 0) is 68.4 Å². The molecule has 2 aromatic carbocycles. The zero-order valence-corrected chi connectivity index (χ0v) is 25.0. The fraction of sp³-hybridized carbons (Fsp3) is 0.469. The first-order valence-electron chi connectivity index (χ1n) is 15.1. The van der Waals surface area contributed by atoms with E-state index in [4.69, 9.17) is 4.74 Å². The Kier molecular flexibility index (Phi) is 6.87. The van der Waals surface area contributed by atoms with Crippen LogP contribution >= 0.6 is 0 Å². The molecule has 12 heteroatoms. The van der Waals surface area contributed by atoms with E-state index in [1.165, 1.54) is 25.8 Å². The van der Waals surface area contributed by atoms with E-state index in [1.807, 2.05) is 18.2 Å². The van der Waals surface area contributed by atoms with Crippen LogP contribution in [0.1, 0.15) is 49.8 Å². The predicted octanol–water partition coefficient (Wildman–Crippen LogP) is 5.76. The average molecular weight is 608 g/mol. The van der Waals surface area contributed by atoms with Crippen LogP contribution in [0.3, 0.4) is 0 Å². The predicted molar refractivity (Wildman–Crippen MR) is 163 cm³/mol. The van der Waals surface area contributed by atoms with Gasteiger partial charge in [0.15, 0.2) is 0 Å². The van der Waals surface area contributed by atoms with Crippen molar-refractivity contribution in [2.45, 2.75) is 63.3 Å². The van der Waals surface area contributed by atoms with Crippen LogP contribution in [0.4, 0.5) is 42.0 Å². The number of rotatable bonds is 9. The van der Waals surface area contributed by atoms with Crippen molar-refractivity contribution in [3.05, 3.63) is 59.3 Å². The van der Waals surface area contributed by atoms with E-state index in [-0.39, 0.29) is 24.2 Å². The van der Waals surface area contributed by atoms with E-state index in [0.717, 1.165) is 36.5 Å². The molecule has 2 bridgehead atoms. The lowest BCUT2D eigenvalue weighted by atomic mass is 9.83. The molecule has 3 aromatic rings. The average Bonchev–Trinajstić information content (AvgIpc) is 3.49. The van der Waals surface area contributed by atoms with Crippen LogP contribution in [0.5, 0.6) is 5.75 Å². The second kappa shape index (κ2) is 10.5. The first kappa shape index (κ1) is 28.7. The number of piperazine rings is 1. The maximum atomic E-state index is 14.0. The lowest BCUT2D eigenvalue weighted by Crippen LogP contribution is -2.47. The molecule has 1 aliphatic carbocycles. The number of nitrogens with one attached hydrogen (secondary N) is 3. The number of hydrogen-bond acceptors (Lipinski definition) is 8. The van der Waals surface area contributed by atoms with Gasteiger partial charge in [0, 0.05) is 61.9 Å². The van der Waals surface area contributed by atoms with Gasteiger partial charge in [-0.1, -0.05) is 12.1 Å². The minimum absolute atomic E-state index is 0.00189. The highest BCUT2D eigenvalue weighted by molar-refractivity contribution is 6.06. The number of likely N-dealkylation sites (tertiary alicyclic amines) is 1. The van der Waals surface area contributed by atoms with E-state index >= 15 is 0 Å². The molecule has 1 aromatic heterocycles. The van der Waals surface area contributed by atoms with Gasteiger partial charge in [0.25, 0.3) is 0 Å². The number of aromatic nitrogens is 2. The number of nitrogens with zero attached hydrogens (tertiary/aromatic N) is 4. The molecule has 3 N–H and O–H groups in total. The van der Waals surface area contributed by atoms with Crippen molar-refractivity contribution in [2.24, 2.45) is 5.92 Å². The molecule has 0 radical (unpaired) electrons. The molecule has 0 spiro atoms. The fourth-order valence-corrected chi connectivity index (χ4v) is 6.95. The van der Waals surface area contributed by atoms with Crippen LogP contribution in [-0.2, 0) is 22.9 Å². The summed E-state index contributed by atoms with van der Waals surface area (Å²) in [5.74, 6) is 0.917. The van der Waals surface area contributed by atoms with Gasteiger partial charge < -0.3 is 25.6 Å². The first-order chi connectivity index (χ1) is 21.0. The number of methoxy groups -OCH3 is 1. The lowest BCUT2D eigenvalue weighted by molar-refractivity contribution is -0.137. The largest absolute Gasteiger partial charge is 0.494 e. The zero-order chi connectivity index (χ0) is 30.8. The van der Waals surface area contributed by atoms with Crippen molar-refractivity contribution < 1.29 is 22.7 Å². The van der Waals surface area contributed by atoms with E-state index in [9.17, 15) is 18.0 Å². The molecule has 44 heavy (non-hydrogen) atoms. The van der Waals surface area contributed by atoms with Gasteiger partial charge in [-0.25, -0.2) is 4.98 Å². The maximum Gasteiger partial charge on any atom is 0.421 e. The number of halogens is 3. The molecule has 3 fully saturated rings. The molecule has 2 atom stereocenters. The van der Waals surface area contributed by atoms with Gasteiger partial charge >= 0.3 is 6.18 Å². The SMILES string of the molecule is COc1cc(N2CC3CC2CN3CC2CC2)ccc1Nc1ncc(C(F)(F)F)c(NCc2cccc3c2C(C)(C)C(=O)N3)n1. The van der Waals surface area contributed by atoms with Gasteiger partial charge in [-0.2, -0.15) is 18.2 Å². The molecule has 7 rings (SSSR count). The number of amides is 1. The Morgan fingerprint density at radius 1 is 1.14 bits per heavy atom. The Labute approximate surface area is 254 Å². The van der Waals surface area contributed by atoms with Crippen molar-refractivity contribution in [1.29, 1.82) is 0 Å². The van der Waals surface area contributed by atoms with Crippen LogP contribution in [0.2, 0.25) is 0 Å². The Bertz CT molecular complexity index is 1610. The summed E-state index contributed by atoms with van der Waals surface area (Å²) in [4.78, 5) is 25.8. The first-order valence-corrected chi connectivity index (χ1v) is 15.1. The smallest absolute Gasteiger partial charge is 0.421 e. The summed E-state index contributed by atoms with van der Waals surface area (Å²) in [6.07, 6.45) is -0.0104. The molecule has 2 saturated heterocycles. The van der Waals surface area contributed by atoms with E-state index in [2.05, 4.69) is 35.7 Å². The minimum atomic E-state index is -4.67. The van der Waals surface area contributed by atoms with Gasteiger partial charge in [0.2, 0.25) is 11.9 Å². The number of ether oxygens (including phenoxy) is 1. The Morgan fingerprint density at radius 3 is 2.66 bits per heavy atom. The van der Waals surface area contributed by atoms with Crippen molar-refractivity contribution in [3.8, 4) is 5.75 Å². The quantitative estimate of drug-likeness (QED) is 0.283. The zero-order valence-electron chi connectivity index (χ0n) is 25.0. The molecule has 9 nitrogen and oxygen atoms in total. The Morgan fingerprint density at radius 2 is 1.95 bits per heavy atom. The van der Waals surface area contributed by atoms with Crippen LogP contribution in [-0.4, -0.2) is 59.6 Å². The molecular weight excluding hydrogens is 571 g/mol. The number of carbonyl (C=O) groups is 1. The van der Waals surface area contributed by atoms with E-state index in [1.54, 1.807) is 39.2 Å². The van der Waals surface area contributed by atoms with Gasteiger partial charge in [-0.3, -0.25) is 9.69 Å². The molecule has 232 valence electrons. The molecule has 2 unspecified atom stereocenters. The van der Waals surface area contributed by atoms with Crippen molar-refractivity contribution in [3.63, 3.8) is 0 Å². The normalized spacial score (nSPS) is 22.2. The van der Waals surface area contributed by atoms with Gasteiger partial charge in [-0.15, -0.1) is 0 Å². The summed E-state index contributed by atoms with van der Waals surface area (Å²) in [6, 6.07) is 12.2. The summed E-state index contributed by atoms with van der Waals surface area (Å²) >= 11 is 0. The van der Waals surface area contributed by atoms with E-state index < -0.39 is 17.2 Å². The highest BCUT2D eigenvalue weighted by atomic mass is 19.4. The molecular formula is C32H36F3N7O2. The maximum absolute atomic E-state index is 14.0. The van der Waals surface area contributed by atoms with Crippen molar-refractivity contribution in [2.75, 3.05) is 47.6 Å². The minimum Gasteiger partial charge on any atom is -0.494 e. The number of alkyl halides is 3. The van der Waals surface area contributed by atoms with Crippen molar-refractivity contribution in [1.82, 2.24) is 14.9 Å². The fourth-order valence-electron chi connectivity index (χ4n) is 6.95. The summed E-state index contributed by atoms with van der Waals surface area (Å²) < 4.78 is 47.6. The highest BCUT2D eigenvalue weighted by Crippen LogP contribution is 2.42. The lowest BCUT2D eigenvalue weighted by Gasteiger charge is -2.36. The number of anilines is 5. The third-order valence-corrected chi connectivity index (χ3v) is 9.44. The number of fused-ring (bicyclic) bond motifs is 3. The number of benzene rings is 2. The van der Waals surface area contributed by atoms with Crippen LogP contribution in [0, 0.1) is 5.92 Å². The Balaban J connectivity index is 1.10. The molecule has 1 saturated carbocycles. The number of carbonyl (C=O) groups excluding carboxylic acids is 1. The number of hydrogen-bond donors (Lipinski definition) is 3. The summed E-state index contributed by atoms with van der Waals surface area (Å²) in [6.45, 7) is 6.90. The van der Waals surface area contributed by atoms with Crippen LogP contribution in [0.15, 0.2) is 42.6 Å². The second-order valence-electron chi connectivity index (χ2n) is 12.8. The molecule has 4 aliphatic rings. The molecule has 1 amide bonds. The van der Waals surface area contributed by atoms with Crippen LogP contribution in [0.25, 0.3) is 0 Å². The van der Waals surface area contributed by atoms with Gasteiger partial charge in [0.1, 0.15) is 17.1 Å². The summed E-state index contributed by atoms with van der Waals surface area (Å²) in [7, 11) is 1.57. The second-order valence-corrected chi connectivity index (χ2v) is 12.8. The van der Waals surface area contributed by atoms with Crippen LogP contribution < -0.4 is 25.6 Å². The van der Waals surface area contributed by atoms with Gasteiger partial charge in [0.05, 0.1) is 18.2 Å². The third kappa shape index (κ3) is 5.18. The third-order valence-electron chi connectivity index (χ3n) is 9.44. The van der Waals surface area contributed by atoms with E-state index in [0.29, 0.717) is 34.8 Å². The Hall–Kier alpha value is -4.06. The topological polar surface area (TPSA) is 94.7 Å². The monoisotopic (exact) mass is 607 g/mol. The molecule has 3 aliphatic heterocycles. The highest BCUT2D eigenvalue weighted by Gasteiger charge is 2.45. The molecule has 4 heterocycles. The van der Waals surface area contributed by atoms with Crippen molar-refractivity contribution >= 4 is 34.7 Å². The summed E-state index contributed by atoms with van der Waals surface area (Å²) in [5.41, 5.74) is 1.94.